The first-order valence-corrected chi connectivity index (χ1v) is 13.3. The fraction of sp³-hybridized carbons (Fsp3) is 0.233. The first kappa shape index (κ1) is 25.5. The van der Waals surface area contributed by atoms with Gasteiger partial charge in [0.2, 0.25) is 0 Å². The van der Waals surface area contributed by atoms with Crippen LogP contribution in [0.25, 0.3) is 11.4 Å². The van der Waals surface area contributed by atoms with E-state index in [0.29, 0.717) is 44.3 Å². The zero-order valence-electron chi connectivity index (χ0n) is 22.1. The fourth-order valence-electron chi connectivity index (χ4n) is 5.81. The fourth-order valence-corrected chi connectivity index (χ4v) is 6.15. The van der Waals surface area contributed by atoms with Crippen molar-refractivity contribution in [3.05, 3.63) is 92.7 Å². The van der Waals surface area contributed by atoms with E-state index in [1.54, 1.807) is 37.4 Å². The van der Waals surface area contributed by atoms with Gasteiger partial charge < -0.3 is 14.6 Å². The maximum absolute atomic E-state index is 14.4. The van der Waals surface area contributed by atoms with E-state index in [1.165, 1.54) is 4.90 Å². The number of methoxy groups -OCH3 is 1. The predicted molar refractivity (Wildman–Crippen MR) is 153 cm³/mol. The van der Waals surface area contributed by atoms with Gasteiger partial charge >= 0.3 is 0 Å². The number of ether oxygens (including phenoxy) is 1. The Balaban J connectivity index is 1.74. The number of aromatic nitrogens is 2. The number of hydrogen-bond acceptors (Lipinski definition) is 4. The normalized spacial score (nSPS) is 17.7. The van der Waals surface area contributed by atoms with Crippen molar-refractivity contribution in [1.82, 2.24) is 9.55 Å². The number of imidazole rings is 1. The number of fused-ring (bicyclic) bond motifs is 4. The lowest BCUT2D eigenvalue weighted by Crippen LogP contribution is -2.51. The van der Waals surface area contributed by atoms with Crippen molar-refractivity contribution >= 4 is 46.4 Å². The van der Waals surface area contributed by atoms with Crippen molar-refractivity contribution < 1.29 is 14.3 Å². The number of anilines is 2. The number of nitrogens with one attached hydrogen (secondary N) is 1. The molecule has 0 saturated heterocycles. The van der Waals surface area contributed by atoms with E-state index in [2.05, 4.69) is 5.32 Å². The summed E-state index contributed by atoms with van der Waals surface area (Å²) in [5, 5.41) is 3.92. The van der Waals surface area contributed by atoms with Crippen LogP contribution >= 0.6 is 23.2 Å². The largest absolute Gasteiger partial charge is 0.496 e. The molecule has 3 heterocycles. The third kappa shape index (κ3) is 3.46. The monoisotopic (exact) mass is 560 g/mol. The number of nitrogens with zero attached hydrogens (tertiary/aromatic N) is 3. The van der Waals surface area contributed by atoms with E-state index in [0.717, 1.165) is 16.7 Å². The van der Waals surface area contributed by atoms with Gasteiger partial charge in [-0.2, -0.15) is 0 Å². The molecule has 198 valence electrons. The van der Waals surface area contributed by atoms with Gasteiger partial charge in [-0.3, -0.25) is 14.5 Å². The van der Waals surface area contributed by atoms with Crippen LogP contribution < -0.4 is 15.0 Å². The lowest BCUT2D eigenvalue weighted by atomic mass is 9.86. The molecule has 1 aromatic heterocycles. The second-order valence-electron chi connectivity index (χ2n) is 10.2. The number of carbonyl (C=O) groups is 2. The number of carbonyl (C=O) groups excluding carboxylic acids is 2. The lowest BCUT2D eigenvalue weighted by Gasteiger charge is -2.36. The molecular weight excluding hydrogens is 535 g/mol. The minimum Gasteiger partial charge on any atom is -0.496 e. The van der Waals surface area contributed by atoms with Gasteiger partial charge in [-0.15, -0.1) is 0 Å². The minimum absolute atomic E-state index is 0.156. The summed E-state index contributed by atoms with van der Waals surface area (Å²) >= 11 is 12.7. The zero-order valence-corrected chi connectivity index (χ0v) is 23.6. The van der Waals surface area contributed by atoms with E-state index >= 15 is 0 Å². The lowest BCUT2D eigenvalue weighted by molar-refractivity contribution is -0.119. The van der Waals surface area contributed by atoms with Gasteiger partial charge in [0.1, 0.15) is 11.6 Å². The molecule has 3 aromatic carbocycles. The summed E-state index contributed by atoms with van der Waals surface area (Å²) in [5.74, 6) is 0.431. The molecule has 2 aliphatic rings. The summed E-state index contributed by atoms with van der Waals surface area (Å²) in [7, 11) is 1.61. The summed E-state index contributed by atoms with van der Waals surface area (Å²) in [6.07, 6.45) is 0. The highest BCUT2D eigenvalue weighted by Gasteiger charge is 2.64. The van der Waals surface area contributed by atoms with Gasteiger partial charge in [0.05, 0.1) is 24.1 Å². The number of amides is 2. The van der Waals surface area contributed by atoms with E-state index in [4.69, 9.17) is 32.9 Å². The highest BCUT2D eigenvalue weighted by Crippen LogP contribution is 2.55. The van der Waals surface area contributed by atoms with E-state index in [1.807, 2.05) is 56.5 Å². The van der Waals surface area contributed by atoms with Crippen molar-refractivity contribution in [3.63, 3.8) is 0 Å². The average Bonchev–Trinajstić information content (AvgIpc) is 3.49. The van der Waals surface area contributed by atoms with Gasteiger partial charge in [-0.05, 0) is 75.2 Å². The van der Waals surface area contributed by atoms with Gasteiger partial charge in [-0.25, -0.2) is 4.98 Å². The quantitative estimate of drug-likeness (QED) is 0.294. The summed E-state index contributed by atoms with van der Waals surface area (Å²) < 4.78 is 7.69. The van der Waals surface area contributed by atoms with Crippen molar-refractivity contribution in [2.75, 3.05) is 17.3 Å². The Labute approximate surface area is 236 Å². The van der Waals surface area contributed by atoms with Crippen LogP contribution in [0.15, 0.2) is 54.6 Å². The molecule has 0 unspecified atom stereocenters. The van der Waals surface area contributed by atoms with Gasteiger partial charge in [-0.1, -0.05) is 41.4 Å². The molecule has 0 aliphatic carbocycles. The molecule has 2 amide bonds. The zero-order chi connectivity index (χ0) is 27.8. The number of benzene rings is 3. The molecular formula is C30H26Cl2N4O3. The SMILES string of the molecule is COc1cc(C)ccc1-c1nc2c(n1C(C)C)[C@@]1(C(=O)Nc3cc(Cl)ccc31)N(c1cc(Cl)ccc1C)C2=O. The number of aryl methyl sites for hydroxylation is 2. The Morgan fingerprint density at radius 1 is 0.974 bits per heavy atom. The molecule has 1 spiro atoms. The topological polar surface area (TPSA) is 76.5 Å². The number of rotatable bonds is 4. The molecule has 2 aliphatic heterocycles. The summed E-state index contributed by atoms with van der Waals surface area (Å²) in [6.45, 7) is 7.88. The van der Waals surface area contributed by atoms with Crippen LogP contribution in [-0.2, 0) is 10.3 Å². The van der Waals surface area contributed by atoms with Crippen molar-refractivity contribution in [2.45, 2.75) is 39.3 Å². The molecule has 7 nitrogen and oxygen atoms in total. The maximum atomic E-state index is 14.4. The van der Waals surface area contributed by atoms with Crippen LogP contribution in [-0.4, -0.2) is 28.5 Å². The minimum atomic E-state index is -1.53. The van der Waals surface area contributed by atoms with Crippen LogP contribution in [0.4, 0.5) is 11.4 Å². The van der Waals surface area contributed by atoms with Crippen LogP contribution in [0.5, 0.6) is 5.75 Å². The van der Waals surface area contributed by atoms with E-state index in [-0.39, 0.29) is 23.6 Å². The second kappa shape index (κ2) is 8.86. The molecule has 1 N–H and O–H groups in total. The van der Waals surface area contributed by atoms with Crippen LogP contribution in [0, 0.1) is 13.8 Å². The summed E-state index contributed by atoms with van der Waals surface area (Å²) in [4.78, 5) is 35.2. The summed E-state index contributed by atoms with van der Waals surface area (Å²) in [6, 6.07) is 16.2. The molecule has 0 saturated carbocycles. The third-order valence-electron chi connectivity index (χ3n) is 7.47. The molecule has 9 heteroatoms. The smallest absolute Gasteiger partial charge is 0.280 e. The van der Waals surface area contributed by atoms with E-state index < -0.39 is 5.54 Å². The number of halogens is 2. The Kier molecular flexibility index (Phi) is 5.79. The Morgan fingerprint density at radius 3 is 2.41 bits per heavy atom. The first-order valence-electron chi connectivity index (χ1n) is 12.6. The van der Waals surface area contributed by atoms with Gasteiger partial charge in [0, 0.05) is 27.3 Å². The van der Waals surface area contributed by atoms with Crippen LogP contribution in [0.3, 0.4) is 0 Å². The first-order chi connectivity index (χ1) is 18.6. The Bertz CT molecular complexity index is 1710. The predicted octanol–water partition coefficient (Wildman–Crippen LogP) is 6.92. The molecule has 0 radical (unpaired) electrons. The molecule has 1 atom stereocenters. The maximum Gasteiger partial charge on any atom is 0.280 e. The van der Waals surface area contributed by atoms with Crippen molar-refractivity contribution in [2.24, 2.45) is 0 Å². The molecule has 0 fully saturated rings. The van der Waals surface area contributed by atoms with Crippen molar-refractivity contribution in [3.8, 4) is 17.1 Å². The highest BCUT2D eigenvalue weighted by atomic mass is 35.5. The van der Waals surface area contributed by atoms with Gasteiger partial charge in [0.25, 0.3) is 11.8 Å². The molecule has 6 rings (SSSR count). The molecule has 0 bridgehead atoms. The van der Waals surface area contributed by atoms with Crippen LogP contribution in [0.1, 0.15) is 52.8 Å². The standard InChI is InChI=1S/C30H26Cl2N4O3/c1-15(2)35-26-25(34-27(35)20-10-6-16(3)12-24(20)39-5)28(37)36(23-14-19(32)8-7-17(23)4)30(26)21-11-9-18(31)13-22(21)33-29(30)38/h6-15H,1-5H3,(H,33,38)/t30-/m0/s1. The summed E-state index contributed by atoms with van der Waals surface area (Å²) in [5.41, 5.74) is 3.43. The number of hydrogen-bond donors (Lipinski definition) is 1. The Morgan fingerprint density at radius 2 is 1.69 bits per heavy atom. The average molecular weight is 561 g/mol. The van der Waals surface area contributed by atoms with Crippen LogP contribution in [0.2, 0.25) is 10.0 Å². The second-order valence-corrected chi connectivity index (χ2v) is 11.1. The molecule has 4 aromatic rings. The van der Waals surface area contributed by atoms with Gasteiger partial charge in [0.15, 0.2) is 11.2 Å². The van der Waals surface area contributed by atoms with E-state index in [9.17, 15) is 9.59 Å². The Hall–Kier alpha value is -3.81. The molecule has 39 heavy (non-hydrogen) atoms. The van der Waals surface area contributed by atoms with Crippen molar-refractivity contribution in [1.29, 1.82) is 0 Å². The highest BCUT2D eigenvalue weighted by molar-refractivity contribution is 6.32. The third-order valence-corrected chi connectivity index (χ3v) is 7.94.